The van der Waals surface area contributed by atoms with Gasteiger partial charge >= 0.3 is 0 Å². The molecule has 6 heteroatoms. The molecular formula is C19H20N6. The highest BCUT2D eigenvalue weighted by atomic mass is 15.3. The first-order valence-corrected chi connectivity index (χ1v) is 8.47. The summed E-state index contributed by atoms with van der Waals surface area (Å²) in [6, 6.07) is 8.16. The number of hydrogen-bond donors (Lipinski definition) is 1. The molecule has 0 amide bonds. The van der Waals surface area contributed by atoms with E-state index in [1.807, 2.05) is 18.5 Å². The topological polar surface area (TPSA) is 58.9 Å². The van der Waals surface area contributed by atoms with Gasteiger partial charge in [-0.2, -0.15) is 0 Å². The minimum absolute atomic E-state index is 0.114. The van der Waals surface area contributed by atoms with Gasteiger partial charge in [0.05, 0.1) is 12.4 Å². The van der Waals surface area contributed by atoms with Crippen LogP contribution in [0.5, 0.6) is 0 Å². The molecule has 1 atom stereocenters. The number of nitrogens with zero attached hydrogens (tertiary/aromatic N) is 5. The minimum atomic E-state index is 0.114. The zero-order valence-corrected chi connectivity index (χ0v) is 14.2. The number of anilines is 1. The van der Waals surface area contributed by atoms with E-state index in [0.717, 1.165) is 48.7 Å². The fourth-order valence-electron chi connectivity index (χ4n) is 3.25. The van der Waals surface area contributed by atoms with Gasteiger partial charge in [-0.1, -0.05) is 18.1 Å². The number of terminal acetylenes is 1. The molecule has 1 aromatic carbocycles. The van der Waals surface area contributed by atoms with Gasteiger partial charge in [-0.15, -0.1) is 6.42 Å². The van der Waals surface area contributed by atoms with Gasteiger partial charge < -0.3 is 14.8 Å². The fraction of sp³-hybridized carbons (Fsp3) is 0.316. The van der Waals surface area contributed by atoms with E-state index in [1.165, 1.54) is 5.56 Å². The first-order valence-electron chi connectivity index (χ1n) is 8.47. The summed E-state index contributed by atoms with van der Waals surface area (Å²) in [5.74, 6) is 3.57. The first-order chi connectivity index (χ1) is 12.3. The third-order valence-electron chi connectivity index (χ3n) is 4.73. The third-order valence-corrected chi connectivity index (χ3v) is 4.73. The molecule has 0 saturated carbocycles. The standard InChI is InChI=1S/C19H20N6/c1-3-15-4-6-16(7-5-15)14(2)25-13-23-17-18(21-12-22-19(17)25)24-10-8-20-9-11-24/h1,4-7,12-14,20H,8-11H2,2H3/t14-/m1/s1. The van der Waals surface area contributed by atoms with Gasteiger partial charge in [0.2, 0.25) is 0 Å². The average Bonchev–Trinajstić information content (AvgIpc) is 3.12. The zero-order valence-electron chi connectivity index (χ0n) is 14.2. The molecule has 1 aliphatic heterocycles. The normalized spacial score (nSPS) is 15.9. The van der Waals surface area contributed by atoms with Crippen LogP contribution in [0.25, 0.3) is 11.2 Å². The van der Waals surface area contributed by atoms with E-state index in [2.05, 4.69) is 54.7 Å². The van der Waals surface area contributed by atoms with Crippen LogP contribution in [0.1, 0.15) is 24.1 Å². The maximum absolute atomic E-state index is 5.44. The molecule has 0 radical (unpaired) electrons. The van der Waals surface area contributed by atoms with Crippen LogP contribution in [0.3, 0.4) is 0 Å². The van der Waals surface area contributed by atoms with E-state index in [4.69, 9.17) is 6.42 Å². The Morgan fingerprint density at radius 3 is 2.60 bits per heavy atom. The number of fused-ring (bicyclic) bond motifs is 1. The number of hydrogen-bond acceptors (Lipinski definition) is 5. The molecule has 4 rings (SSSR count). The molecule has 0 aliphatic carbocycles. The number of rotatable bonds is 3. The molecule has 0 bridgehead atoms. The fourth-order valence-corrected chi connectivity index (χ4v) is 3.25. The Bertz CT molecular complexity index is 915. The van der Waals surface area contributed by atoms with Crippen LogP contribution in [0.2, 0.25) is 0 Å². The molecule has 1 N–H and O–H groups in total. The van der Waals surface area contributed by atoms with Gasteiger partial charge in [0.1, 0.15) is 6.33 Å². The molecule has 6 nitrogen and oxygen atoms in total. The van der Waals surface area contributed by atoms with Crippen molar-refractivity contribution in [1.82, 2.24) is 24.8 Å². The third kappa shape index (κ3) is 2.83. The summed E-state index contributed by atoms with van der Waals surface area (Å²) in [5, 5.41) is 3.36. The number of aromatic nitrogens is 4. The first kappa shape index (κ1) is 15.6. The Kier molecular flexibility index (Phi) is 4.08. The zero-order chi connectivity index (χ0) is 17.2. The second-order valence-corrected chi connectivity index (χ2v) is 6.20. The quantitative estimate of drug-likeness (QED) is 0.742. The van der Waals surface area contributed by atoms with Crippen molar-refractivity contribution >= 4 is 17.0 Å². The largest absolute Gasteiger partial charge is 0.352 e. The van der Waals surface area contributed by atoms with Crippen LogP contribution in [0, 0.1) is 12.3 Å². The number of imidazole rings is 1. The van der Waals surface area contributed by atoms with E-state index in [1.54, 1.807) is 6.33 Å². The van der Waals surface area contributed by atoms with Gasteiger partial charge in [-0.3, -0.25) is 0 Å². The van der Waals surface area contributed by atoms with E-state index < -0.39 is 0 Å². The number of benzene rings is 1. The molecule has 1 aliphatic rings. The SMILES string of the molecule is C#Cc1ccc([C@@H](C)n2cnc3c(N4CCNCC4)ncnc32)cc1. The summed E-state index contributed by atoms with van der Waals surface area (Å²) < 4.78 is 2.09. The average molecular weight is 332 g/mol. The molecule has 1 saturated heterocycles. The predicted molar refractivity (Wildman–Crippen MR) is 98.6 cm³/mol. The van der Waals surface area contributed by atoms with E-state index >= 15 is 0 Å². The molecule has 1 fully saturated rings. The van der Waals surface area contributed by atoms with E-state index in [0.29, 0.717) is 0 Å². The summed E-state index contributed by atoms with van der Waals surface area (Å²) in [5.41, 5.74) is 3.77. The molecule has 126 valence electrons. The van der Waals surface area contributed by atoms with Crippen molar-refractivity contribution in [1.29, 1.82) is 0 Å². The lowest BCUT2D eigenvalue weighted by Gasteiger charge is -2.28. The van der Waals surface area contributed by atoms with Crippen LogP contribution >= 0.6 is 0 Å². The second kappa shape index (κ2) is 6.54. The summed E-state index contributed by atoms with van der Waals surface area (Å²) in [6.45, 7) is 5.93. The van der Waals surface area contributed by atoms with Crippen LogP contribution < -0.4 is 10.2 Å². The molecule has 2 aromatic heterocycles. The highest BCUT2D eigenvalue weighted by molar-refractivity contribution is 5.83. The maximum atomic E-state index is 5.44. The van der Waals surface area contributed by atoms with Gasteiger partial charge in [0, 0.05) is 31.7 Å². The van der Waals surface area contributed by atoms with Gasteiger partial charge in [0.25, 0.3) is 0 Å². The molecule has 3 aromatic rings. The Balaban J connectivity index is 1.71. The molecule has 0 spiro atoms. The minimum Gasteiger partial charge on any atom is -0.352 e. The Labute approximate surface area is 146 Å². The maximum Gasteiger partial charge on any atom is 0.165 e. The summed E-state index contributed by atoms with van der Waals surface area (Å²) in [4.78, 5) is 15.9. The summed E-state index contributed by atoms with van der Waals surface area (Å²) in [7, 11) is 0. The lowest BCUT2D eigenvalue weighted by atomic mass is 10.1. The predicted octanol–water partition coefficient (Wildman–Crippen LogP) is 1.83. The molecular weight excluding hydrogens is 312 g/mol. The van der Waals surface area contributed by atoms with Crippen molar-refractivity contribution in [3.8, 4) is 12.3 Å². The Morgan fingerprint density at radius 2 is 1.88 bits per heavy atom. The van der Waals surface area contributed by atoms with Crippen molar-refractivity contribution in [2.45, 2.75) is 13.0 Å². The Morgan fingerprint density at radius 1 is 1.12 bits per heavy atom. The van der Waals surface area contributed by atoms with Crippen molar-refractivity contribution in [3.63, 3.8) is 0 Å². The second-order valence-electron chi connectivity index (χ2n) is 6.20. The highest BCUT2D eigenvalue weighted by Gasteiger charge is 2.20. The van der Waals surface area contributed by atoms with E-state index in [-0.39, 0.29) is 6.04 Å². The summed E-state index contributed by atoms with van der Waals surface area (Å²) >= 11 is 0. The lowest BCUT2D eigenvalue weighted by molar-refractivity contribution is 0.585. The Hall–Kier alpha value is -2.91. The lowest BCUT2D eigenvalue weighted by Crippen LogP contribution is -2.44. The van der Waals surface area contributed by atoms with Crippen LogP contribution in [0.4, 0.5) is 5.82 Å². The van der Waals surface area contributed by atoms with Crippen molar-refractivity contribution < 1.29 is 0 Å². The van der Waals surface area contributed by atoms with Crippen molar-refractivity contribution in [2.24, 2.45) is 0 Å². The molecule has 25 heavy (non-hydrogen) atoms. The smallest absolute Gasteiger partial charge is 0.165 e. The monoisotopic (exact) mass is 332 g/mol. The van der Waals surface area contributed by atoms with Crippen LogP contribution in [0.15, 0.2) is 36.9 Å². The number of nitrogens with one attached hydrogen (secondary N) is 1. The van der Waals surface area contributed by atoms with Gasteiger partial charge in [-0.05, 0) is 24.6 Å². The number of piperazine rings is 1. The van der Waals surface area contributed by atoms with Crippen LogP contribution in [-0.4, -0.2) is 45.7 Å². The van der Waals surface area contributed by atoms with Crippen molar-refractivity contribution in [2.75, 3.05) is 31.1 Å². The molecule has 3 heterocycles. The van der Waals surface area contributed by atoms with Gasteiger partial charge in [-0.25, -0.2) is 15.0 Å². The van der Waals surface area contributed by atoms with E-state index in [9.17, 15) is 0 Å². The molecule has 0 unspecified atom stereocenters. The van der Waals surface area contributed by atoms with Gasteiger partial charge in [0.15, 0.2) is 17.0 Å². The van der Waals surface area contributed by atoms with Crippen molar-refractivity contribution in [3.05, 3.63) is 48.0 Å². The highest BCUT2D eigenvalue weighted by Crippen LogP contribution is 2.26. The summed E-state index contributed by atoms with van der Waals surface area (Å²) in [6.07, 6.45) is 8.92. The van der Waals surface area contributed by atoms with Crippen LogP contribution in [-0.2, 0) is 0 Å².